The Balaban J connectivity index is 1.96. The zero-order valence-electron chi connectivity index (χ0n) is 13.1. The molecule has 8 heteroatoms. The van der Waals surface area contributed by atoms with Gasteiger partial charge in [-0.2, -0.15) is 0 Å². The van der Waals surface area contributed by atoms with Gasteiger partial charge in [0.2, 0.25) is 0 Å². The van der Waals surface area contributed by atoms with E-state index in [-0.39, 0.29) is 6.02 Å². The van der Waals surface area contributed by atoms with Crippen molar-refractivity contribution in [1.82, 2.24) is 9.97 Å². The maximum absolute atomic E-state index is 6.19. The molecule has 0 radical (unpaired) electrons. The topological polar surface area (TPSA) is 82.6 Å². The van der Waals surface area contributed by atoms with Crippen LogP contribution < -0.4 is 15.2 Å². The number of aliphatic imine (C=N–C) groups is 1. The Morgan fingerprint density at radius 3 is 2.73 bits per heavy atom. The summed E-state index contributed by atoms with van der Waals surface area (Å²) in [6, 6.07) is 11.1. The van der Waals surface area contributed by atoms with Gasteiger partial charge in [-0.05, 0) is 36.4 Å². The quantitative estimate of drug-likeness (QED) is 0.546. The molecule has 1 aromatic carbocycles. The summed E-state index contributed by atoms with van der Waals surface area (Å²) in [4.78, 5) is 13.4. The van der Waals surface area contributed by atoms with Crippen molar-refractivity contribution in [3.8, 4) is 17.2 Å². The first kappa shape index (κ1) is 15.6. The number of hydrogen-bond donors (Lipinski definition) is 1. The van der Waals surface area contributed by atoms with Crippen LogP contribution in [0.4, 0.5) is 0 Å². The number of hydrogen-bond acceptors (Lipinski definition) is 6. The molecule has 0 saturated heterocycles. The van der Waals surface area contributed by atoms with E-state index in [9.17, 15) is 0 Å². The Hall–Kier alpha value is -2.64. The van der Waals surface area contributed by atoms with Crippen LogP contribution in [-0.4, -0.2) is 16.0 Å². The molecule has 2 aliphatic rings. The van der Waals surface area contributed by atoms with Gasteiger partial charge in [0, 0.05) is 21.8 Å². The average molecular weight is 430 g/mol. The van der Waals surface area contributed by atoms with Gasteiger partial charge in [0.1, 0.15) is 16.6 Å². The molecular formula is C18H10BrClN4O2. The van der Waals surface area contributed by atoms with Crippen molar-refractivity contribution in [2.45, 2.75) is 5.54 Å². The molecule has 1 unspecified atom stereocenters. The summed E-state index contributed by atoms with van der Waals surface area (Å²) >= 11 is 9.72. The highest BCUT2D eigenvalue weighted by molar-refractivity contribution is 9.10. The molecule has 5 rings (SSSR count). The van der Waals surface area contributed by atoms with Gasteiger partial charge in [-0.3, -0.25) is 4.98 Å². The van der Waals surface area contributed by atoms with E-state index in [2.05, 4.69) is 25.9 Å². The third kappa shape index (κ3) is 2.07. The molecule has 0 saturated carbocycles. The van der Waals surface area contributed by atoms with Gasteiger partial charge in [0.25, 0.3) is 6.02 Å². The summed E-state index contributed by atoms with van der Waals surface area (Å²) in [5, 5.41) is 0.322. The number of nitrogens with zero attached hydrogens (tertiary/aromatic N) is 3. The largest absolute Gasteiger partial charge is 0.455 e. The van der Waals surface area contributed by atoms with Gasteiger partial charge >= 0.3 is 0 Å². The lowest BCUT2D eigenvalue weighted by Crippen LogP contribution is -2.40. The standard InChI is InChI=1S/C18H10BrClN4O2/c19-9-3-4-12-10(6-9)18(11-7-15(20)23-8-14(11)25-12)16-13(2-1-5-22-16)26-17(21)24-18/h1-8H,(H2,21,24). The third-order valence-corrected chi connectivity index (χ3v) is 5.08. The van der Waals surface area contributed by atoms with E-state index in [1.54, 1.807) is 30.6 Å². The lowest BCUT2D eigenvalue weighted by Gasteiger charge is -2.39. The van der Waals surface area contributed by atoms with Crippen molar-refractivity contribution in [1.29, 1.82) is 0 Å². The Morgan fingerprint density at radius 1 is 1.00 bits per heavy atom. The highest BCUT2D eigenvalue weighted by atomic mass is 79.9. The molecule has 0 amide bonds. The highest BCUT2D eigenvalue weighted by Gasteiger charge is 2.49. The van der Waals surface area contributed by atoms with E-state index >= 15 is 0 Å². The number of ether oxygens (including phenoxy) is 2. The number of fused-ring (bicyclic) bond motifs is 6. The number of pyridine rings is 2. The smallest absolute Gasteiger partial charge is 0.289 e. The minimum Gasteiger partial charge on any atom is -0.455 e. The van der Waals surface area contributed by atoms with Crippen LogP contribution in [0, 0.1) is 0 Å². The number of benzene rings is 1. The Bertz CT molecular complexity index is 1050. The number of amidine groups is 1. The van der Waals surface area contributed by atoms with Crippen LogP contribution in [0.15, 0.2) is 58.3 Å². The van der Waals surface area contributed by atoms with Gasteiger partial charge in [-0.15, -0.1) is 0 Å². The van der Waals surface area contributed by atoms with E-state index < -0.39 is 5.54 Å². The monoisotopic (exact) mass is 428 g/mol. The van der Waals surface area contributed by atoms with Gasteiger partial charge in [-0.25, -0.2) is 9.98 Å². The fraction of sp³-hybridized carbons (Fsp3) is 0.0556. The van der Waals surface area contributed by atoms with Crippen molar-refractivity contribution < 1.29 is 9.47 Å². The van der Waals surface area contributed by atoms with E-state index in [1.165, 1.54) is 0 Å². The molecule has 3 aromatic rings. The second-order valence-corrected chi connectivity index (χ2v) is 7.16. The summed E-state index contributed by atoms with van der Waals surface area (Å²) in [6.45, 7) is 0. The third-order valence-electron chi connectivity index (χ3n) is 4.38. The van der Waals surface area contributed by atoms with Crippen molar-refractivity contribution >= 4 is 33.6 Å². The predicted octanol–water partition coefficient (Wildman–Crippen LogP) is 4.00. The lowest BCUT2D eigenvalue weighted by molar-refractivity contribution is 0.391. The van der Waals surface area contributed by atoms with Crippen LogP contribution in [0.2, 0.25) is 5.15 Å². The van der Waals surface area contributed by atoms with Crippen molar-refractivity contribution in [3.05, 3.63) is 75.2 Å². The number of rotatable bonds is 0. The minimum absolute atomic E-state index is 0.0391. The fourth-order valence-corrected chi connectivity index (χ4v) is 3.91. The first-order valence-electron chi connectivity index (χ1n) is 7.70. The normalized spacial score (nSPS) is 19.5. The Morgan fingerprint density at radius 2 is 1.85 bits per heavy atom. The molecule has 4 heterocycles. The van der Waals surface area contributed by atoms with Crippen LogP contribution in [0.1, 0.15) is 16.8 Å². The Kier molecular flexibility index (Phi) is 3.26. The van der Waals surface area contributed by atoms with Gasteiger partial charge in [0.15, 0.2) is 17.0 Å². The molecule has 0 fully saturated rings. The molecule has 0 bridgehead atoms. The van der Waals surface area contributed by atoms with Crippen LogP contribution in [0.3, 0.4) is 0 Å². The number of nitrogens with two attached hydrogens (primary N) is 1. The summed E-state index contributed by atoms with van der Waals surface area (Å²) in [7, 11) is 0. The van der Waals surface area contributed by atoms with Crippen LogP contribution in [-0.2, 0) is 5.54 Å². The first-order valence-corrected chi connectivity index (χ1v) is 8.87. The fourth-order valence-electron chi connectivity index (χ4n) is 3.39. The predicted molar refractivity (Wildman–Crippen MR) is 99.8 cm³/mol. The summed E-state index contributed by atoms with van der Waals surface area (Å²) in [5.41, 5.74) is 7.10. The second kappa shape index (κ2) is 5.43. The summed E-state index contributed by atoms with van der Waals surface area (Å²) in [6.07, 6.45) is 3.27. The van der Waals surface area contributed by atoms with Crippen molar-refractivity contribution in [3.63, 3.8) is 0 Å². The van der Waals surface area contributed by atoms with Crippen molar-refractivity contribution in [2.75, 3.05) is 0 Å². The van der Waals surface area contributed by atoms with E-state index in [4.69, 9.17) is 31.8 Å². The number of halogens is 2. The molecule has 26 heavy (non-hydrogen) atoms. The van der Waals surface area contributed by atoms with E-state index in [0.717, 1.165) is 10.0 Å². The number of aromatic nitrogens is 2. The van der Waals surface area contributed by atoms with Crippen molar-refractivity contribution in [2.24, 2.45) is 10.7 Å². The molecule has 6 nitrogen and oxygen atoms in total. The van der Waals surface area contributed by atoms with Crippen LogP contribution in [0.25, 0.3) is 0 Å². The van der Waals surface area contributed by atoms with E-state index in [1.807, 2.05) is 18.2 Å². The summed E-state index contributed by atoms with van der Waals surface area (Å²) < 4.78 is 12.5. The Labute approximate surface area is 161 Å². The second-order valence-electron chi connectivity index (χ2n) is 5.86. The summed E-state index contributed by atoms with van der Waals surface area (Å²) in [5.74, 6) is 1.71. The van der Waals surface area contributed by atoms with Gasteiger partial charge in [-0.1, -0.05) is 27.5 Å². The maximum atomic E-state index is 6.19. The van der Waals surface area contributed by atoms with Gasteiger partial charge in [0.05, 0.1) is 6.20 Å². The molecule has 2 N–H and O–H groups in total. The zero-order chi connectivity index (χ0) is 17.9. The lowest BCUT2D eigenvalue weighted by atomic mass is 9.77. The minimum atomic E-state index is -1.04. The highest BCUT2D eigenvalue weighted by Crippen LogP contribution is 2.55. The molecule has 0 aliphatic carbocycles. The van der Waals surface area contributed by atoms with Crippen LogP contribution >= 0.6 is 27.5 Å². The SMILES string of the molecule is NC1=NC2(c3cc(Br)ccc3Oc3cnc(Cl)cc32)c2ncccc2O1. The molecule has 1 atom stereocenters. The molecular weight excluding hydrogens is 420 g/mol. The first-order chi connectivity index (χ1) is 12.6. The molecule has 128 valence electrons. The average Bonchev–Trinajstić information content (AvgIpc) is 2.63. The molecule has 2 aromatic heterocycles. The zero-order valence-corrected chi connectivity index (χ0v) is 15.5. The molecule has 2 aliphatic heterocycles. The maximum Gasteiger partial charge on any atom is 0.289 e. The van der Waals surface area contributed by atoms with Crippen LogP contribution in [0.5, 0.6) is 17.2 Å². The van der Waals surface area contributed by atoms with E-state index in [0.29, 0.717) is 33.7 Å². The molecule has 1 spiro atoms. The van der Waals surface area contributed by atoms with Gasteiger partial charge < -0.3 is 15.2 Å².